The number of carbonyl (C=O) groups is 2. The van der Waals surface area contributed by atoms with E-state index < -0.39 is 11.7 Å². The average Bonchev–Trinajstić information content (AvgIpc) is 2.34. The standard InChI is InChI=1S/C15H22N2O4/c1-10(2)20-9-12(18)11-7-6-8-16-13(11)17-14(19)21-15(3,4)5/h6-8,10H,9H2,1-5H3,(H,16,17,19). The fraction of sp³-hybridized carbons (Fsp3) is 0.533. The van der Waals surface area contributed by atoms with Crippen molar-refractivity contribution < 1.29 is 19.1 Å². The summed E-state index contributed by atoms with van der Waals surface area (Å²) < 4.78 is 10.4. The Hall–Kier alpha value is -1.95. The smallest absolute Gasteiger partial charge is 0.413 e. The molecule has 1 heterocycles. The topological polar surface area (TPSA) is 77.5 Å². The Bertz CT molecular complexity index is 507. The monoisotopic (exact) mass is 294 g/mol. The zero-order valence-corrected chi connectivity index (χ0v) is 13.1. The van der Waals surface area contributed by atoms with Gasteiger partial charge in [0.15, 0.2) is 5.78 Å². The molecule has 1 amide bonds. The Morgan fingerprint density at radius 2 is 2.00 bits per heavy atom. The molecule has 0 radical (unpaired) electrons. The van der Waals surface area contributed by atoms with E-state index in [4.69, 9.17) is 9.47 Å². The summed E-state index contributed by atoms with van der Waals surface area (Å²) in [5.41, 5.74) is -0.326. The zero-order valence-electron chi connectivity index (χ0n) is 13.1. The molecule has 1 aromatic rings. The van der Waals surface area contributed by atoms with Gasteiger partial charge in [0.25, 0.3) is 0 Å². The van der Waals surface area contributed by atoms with Gasteiger partial charge in [-0.05, 0) is 46.8 Å². The van der Waals surface area contributed by atoms with Crippen molar-refractivity contribution in [2.24, 2.45) is 0 Å². The molecule has 0 fully saturated rings. The van der Waals surface area contributed by atoms with Crippen LogP contribution in [0.1, 0.15) is 45.0 Å². The average molecular weight is 294 g/mol. The Kier molecular flexibility index (Phi) is 5.84. The Morgan fingerprint density at radius 3 is 2.57 bits per heavy atom. The SMILES string of the molecule is CC(C)OCC(=O)c1cccnc1NC(=O)OC(C)(C)C. The highest BCUT2D eigenvalue weighted by Gasteiger charge is 2.19. The Balaban J connectivity index is 2.80. The molecule has 0 unspecified atom stereocenters. The molecule has 116 valence electrons. The van der Waals surface area contributed by atoms with Crippen LogP contribution in [0.5, 0.6) is 0 Å². The summed E-state index contributed by atoms with van der Waals surface area (Å²) in [6, 6.07) is 3.22. The maximum Gasteiger partial charge on any atom is 0.413 e. The fourth-order valence-electron chi connectivity index (χ4n) is 1.45. The largest absolute Gasteiger partial charge is 0.444 e. The van der Waals surface area contributed by atoms with E-state index in [0.717, 1.165) is 0 Å². The first kappa shape index (κ1) is 17.1. The van der Waals surface area contributed by atoms with Gasteiger partial charge in [0.2, 0.25) is 0 Å². The van der Waals surface area contributed by atoms with Gasteiger partial charge in [-0.1, -0.05) is 0 Å². The second kappa shape index (κ2) is 7.17. The van der Waals surface area contributed by atoms with Crippen LogP contribution in [0.2, 0.25) is 0 Å². The second-order valence-corrected chi connectivity index (χ2v) is 5.81. The number of aromatic nitrogens is 1. The molecule has 1 N–H and O–H groups in total. The molecule has 6 heteroatoms. The lowest BCUT2D eigenvalue weighted by Gasteiger charge is -2.20. The van der Waals surface area contributed by atoms with Gasteiger partial charge in [0.1, 0.15) is 18.0 Å². The molecule has 0 aliphatic heterocycles. The minimum Gasteiger partial charge on any atom is -0.444 e. The first-order chi connectivity index (χ1) is 9.69. The molecule has 0 aromatic carbocycles. The molecule has 0 aliphatic rings. The van der Waals surface area contributed by atoms with Gasteiger partial charge in [-0.15, -0.1) is 0 Å². The summed E-state index contributed by atoms with van der Waals surface area (Å²) in [6.45, 7) is 8.90. The number of ether oxygens (including phenoxy) is 2. The molecule has 21 heavy (non-hydrogen) atoms. The highest BCUT2D eigenvalue weighted by Crippen LogP contribution is 2.15. The number of anilines is 1. The lowest BCUT2D eigenvalue weighted by molar-refractivity contribution is 0.0584. The third kappa shape index (κ3) is 6.35. The highest BCUT2D eigenvalue weighted by molar-refractivity contribution is 6.03. The van der Waals surface area contributed by atoms with Gasteiger partial charge in [-0.3, -0.25) is 10.1 Å². The van der Waals surface area contributed by atoms with Crippen LogP contribution in [-0.2, 0) is 9.47 Å². The predicted molar refractivity (Wildman–Crippen MR) is 79.5 cm³/mol. The number of Topliss-reactive ketones (excluding diaryl/α,β-unsaturated/α-hetero) is 1. The van der Waals surface area contributed by atoms with Crippen molar-refractivity contribution >= 4 is 17.7 Å². The highest BCUT2D eigenvalue weighted by atomic mass is 16.6. The van der Waals surface area contributed by atoms with Crippen LogP contribution < -0.4 is 5.32 Å². The molecule has 1 rings (SSSR count). The summed E-state index contributed by atoms with van der Waals surface area (Å²) in [5.74, 6) is -0.0769. The van der Waals surface area contributed by atoms with Crippen LogP contribution in [0.25, 0.3) is 0 Å². The van der Waals surface area contributed by atoms with E-state index in [1.807, 2.05) is 13.8 Å². The molecular formula is C15H22N2O4. The number of carbonyl (C=O) groups excluding carboxylic acids is 2. The molecule has 0 aliphatic carbocycles. The van der Waals surface area contributed by atoms with E-state index in [9.17, 15) is 9.59 Å². The van der Waals surface area contributed by atoms with Crippen LogP contribution in [-0.4, -0.2) is 35.2 Å². The molecule has 0 atom stereocenters. The van der Waals surface area contributed by atoms with Crippen LogP contribution in [0, 0.1) is 0 Å². The summed E-state index contributed by atoms with van der Waals surface area (Å²) in [5, 5.41) is 2.49. The van der Waals surface area contributed by atoms with Gasteiger partial charge < -0.3 is 9.47 Å². The molecule has 0 bridgehead atoms. The zero-order chi connectivity index (χ0) is 16.0. The summed E-state index contributed by atoms with van der Waals surface area (Å²) in [6.07, 6.45) is 0.792. The lowest BCUT2D eigenvalue weighted by atomic mass is 10.2. The normalized spacial score (nSPS) is 11.3. The molecule has 6 nitrogen and oxygen atoms in total. The second-order valence-electron chi connectivity index (χ2n) is 5.81. The van der Waals surface area contributed by atoms with Gasteiger partial charge in [0.05, 0.1) is 11.7 Å². The first-order valence-corrected chi connectivity index (χ1v) is 6.79. The molecule has 0 saturated carbocycles. The van der Waals surface area contributed by atoms with Crippen molar-refractivity contribution in [1.29, 1.82) is 0 Å². The minimum absolute atomic E-state index is 0.0483. The van der Waals surface area contributed by atoms with E-state index in [1.165, 1.54) is 6.20 Å². The molecular weight excluding hydrogens is 272 g/mol. The Labute approximate surface area is 124 Å². The van der Waals surface area contributed by atoms with Crippen molar-refractivity contribution in [2.75, 3.05) is 11.9 Å². The van der Waals surface area contributed by atoms with Crippen molar-refractivity contribution in [2.45, 2.75) is 46.3 Å². The van der Waals surface area contributed by atoms with E-state index in [0.29, 0.717) is 5.56 Å². The van der Waals surface area contributed by atoms with E-state index in [1.54, 1.807) is 32.9 Å². The molecule has 0 saturated heterocycles. The first-order valence-electron chi connectivity index (χ1n) is 6.79. The van der Waals surface area contributed by atoms with E-state index in [-0.39, 0.29) is 24.3 Å². The molecule has 0 spiro atoms. The molecule has 1 aromatic heterocycles. The van der Waals surface area contributed by atoms with Gasteiger partial charge in [-0.25, -0.2) is 9.78 Å². The third-order valence-electron chi connectivity index (χ3n) is 2.28. The van der Waals surface area contributed by atoms with Crippen LogP contribution in [0.15, 0.2) is 18.3 Å². The number of nitrogens with zero attached hydrogens (tertiary/aromatic N) is 1. The summed E-state index contributed by atoms with van der Waals surface area (Å²) in [4.78, 5) is 27.8. The number of ketones is 1. The number of amides is 1. The minimum atomic E-state index is -0.653. The maximum atomic E-state index is 12.1. The van der Waals surface area contributed by atoms with E-state index in [2.05, 4.69) is 10.3 Å². The van der Waals surface area contributed by atoms with Gasteiger partial charge in [0, 0.05) is 6.20 Å². The van der Waals surface area contributed by atoms with Gasteiger partial charge >= 0.3 is 6.09 Å². The quantitative estimate of drug-likeness (QED) is 0.844. The van der Waals surface area contributed by atoms with Crippen molar-refractivity contribution in [3.05, 3.63) is 23.9 Å². The van der Waals surface area contributed by atoms with Crippen molar-refractivity contribution in [3.63, 3.8) is 0 Å². The fourth-order valence-corrected chi connectivity index (χ4v) is 1.45. The Morgan fingerprint density at radius 1 is 1.33 bits per heavy atom. The predicted octanol–water partition coefficient (Wildman–Crippen LogP) is 3.04. The van der Waals surface area contributed by atoms with Gasteiger partial charge in [-0.2, -0.15) is 0 Å². The third-order valence-corrected chi connectivity index (χ3v) is 2.28. The van der Waals surface area contributed by atoms with Crippen molar-refractivity contribution in [1.82, 2.24) is 4.98 Å². The number of pyridine rings is 1. The maximum absolute atomic E-state index is 12.1. The number of rotatable bonds is 5. The number of hydrogen-bond donors (Lipinski definition) is 1. The number of nitrogens with one attached hydrogen (secondary N) is 1. The van der Waals surface area contributed by atoms with Crippen LogP contribution in [0.4, 0.5) is 10.6 Å². The van der Waals surface area contributed by atoms with Crippen LogP contribution in [0.3, 0.4) is 0 Å². The lowest BCUT2D eigenvalue weighted by Crippen LogP contribution is -2.28. The van der Waals surface area contributed by atoms with Crippen molar-refractivity contribution in [3.8, 4) is 0 Å². The van der Waals surface area contributed by atoms with Crippen LogP contribution >= 0.6 is 0 Å². The summed E-state index contributed by atoms with van der Waals surface area (Å²) in [7, 11) is 0. The van der Waals surface area contributed by atoms with E-state index >= 15 is 0 Å². The number of hydrogen-bond acceptors (Lipinski definition) is 5. The summed E-state index contributed by atoms with van der Waals surface area (Å²) >= 11 is 0.